The van der Waals surface area contributed by atoms with Crippen molar-refractivity contribution < 1.29 is 4.79 Å². The standard InChI is InChI=1S/C14H16N2O/c1-10(2)16-14(13(9-17)8-15-16)12-6-4-5-11(3)7-12/h4-10H,1-3H3. The van der Waals surface area contributed by atoms with Crippen molar-refractivity contribution in [1.29, 1.82) is 0 Å². The van der Waals surface area contributed by atoms with E-state index in [0.717, 1.165) is 17.5 Å². The maximum absolute atomic E-state index is 11.1. The van der Waals surface area contributed by atoms with E-state index in [2.05, 4.69) is 25.0 Å². The van der Waals surface area contributed by atoms with E-state index in [0.29, 0.717) is 5.56 Å². The highest BCUT2D eigenvalue weighted by atomic mass is 16.1. The molecule has 0 unspecified atom stereocenters. The van der Waals surface area contributed by atoms with Crippen LogP contribution >= 0.6 is 0 Å². The number of hydrogen-bond acceptors (Lipinski definition) is 2. The van der Waals surface area contributed by atoms with E-state index in [1.807, 2.05) is 29.8 Å². The molecule has 17 heavy (non-hydrogen) atoms. The Morgan fingerprint density at radius 3 is 2.71 bits per heavy atom. The SMILES string of the molecule is Cc1cccc(-c2c(C=O)cnn2C(C)C)c1. The zero-order chi connectivity index (χ0) is 12.4. The van der Waals surface area contributed by atoms with Gasteiger partial charge in [0.2, 0.25) is 0 Å². The Bertz CT molecular complexity index is 541. The first-order chi connectivity index (χ1) is 8.13. The van der Waals surface area contributed by atoms with Crippen molar-refractivity contribution >= 4 is 6.29 Å². The van der Waals surface area contributed by atoms with Crippen LogP contribution in [0.5, 0.6) is 0 Å². The molecular formula is C14H16N2O. The zero-order valence-corrected chi connectivity index (χ0v) is 10.3. The average molecular weight is 228 g/mol. The molecule has 1 aromatic heterocycles. The second-order valence-electron chi connectivity index (χ2n) is 4.47. The molecule has 0 N–H and O–H groups in total. The lowest BCUT2D eigenvalue weighted by Crippen LogP contribution is -2.05. The molecule has 0 aliphatic heterocycles. The van der Waals surface area contributed by atoms with E-state index >= 15 is 0 Å². The number of carbonyl (C=O) groups is 1. The van der Waals surface area contributed by atoms with E-state index in [1.165, 1.54) is 5.56 Å². The first-order valence-electron chi connectivity index (χ1n) is 5.73. The van der Waals surface area contributed by atoms with Gasteiger partial charge >= 0.3 is 0 Å². The second kappa shape index (κ2) is 4.53. The van der Waals surface area contributed by atoms with Crippen LogP contribution in [0.3, 0.4) is 0 Å². The van der Waals surface area contributed by atoms with Crippen LogP contribution in [0.15, 0.2) is 30.5 Å². The third-order valence-electron chi connectivity index (χ3n) is 2.73. The summed E-state index contributed by atoms with van der Waals surface area (Å²) in [6.45, 7) is 6.15. The highest BCUT2D eigenvalue weighted by molar-refractivity contribution is 5.85. The minimum atomic E-state index is 0.235. The Kier molecular flexibility index (Phi) is 3.09. The van der Waals surface area contributed by atoms with E-state index in [-0.39, 0.29) is 6.04 Å². The summed E-state index contributed by atoms with van der Waals surface area (Å²) in [6.07, 6.45) is 2.49. The molecule has 2 rings (SSSR count). The molecule has 2 aromatic rings. The number of rotatable bonds is 3. The van der Waals surface area contributed by atoms with Crippen LogP contribution in [-0.2, 0) is 0 Å². The lowest BCUT2D eigenvalue weighted by Gasteiger charge is -2.12. The van der Waals surface area contributed by atoms with Crippen LogP contribution in [0.4, 0.5) is 0 Å². The molecular weight excluding hydrogens is 212 g/mol. The Balaban J connectivity index is 2.64. The molecule has 0 spiro atoms. The molecule has 1 aromatic carbocycles. The fraction of sp³-hybridized carbons (Fsp3) is 0.286. The van der Waals surface area contributed by atoms with Gasteiger partial charge in [-0.1, -0.05) is 23.8 Å². The van der Waals surface area contributed by atoms with Crippen molar-refractivity contribution in [2.75, 3.05) is 0 Å². The van der Waals surface area contributed by atoms with Gasteiger partial charge in [0.05, 0.1) is 17.5 Å². The maximum Gasteiger partial charge on any atom is 0.153 e. The van der Waals surface area contributed by atoms with Gasteiger partial charge in [0, 0.05) is 11.6 Å². The molecule has 0 atom stereocenters. The van der Waals surface area contributed by atoms with E-state index in [9.17, 15) is 4.79 Å². The summed E-state index contributed by atoms with van der Waals surface area (Å²) < 4.78 is 1.89. The molecule has 0 aliphatic rings. The quantitative estimate of drug-likeness (QED) is 0.756. The lowest BCUT2D eigenvalue weighted by atomic mass is 10.1. The summed E-state index contributed by atoms with van der Waals surface area (Å²) in [7, 11) is 0. The predicted octanol–water partition coefficient (Wildman–Crippen LogP) is 3.25. The van der Waals surface area contributed by atoms with Gasteiger partial charge in [0.1, 0.15) is 0 Å². The number of carbonyl (C=O) groups excluding carboxylic acids is 1. The zero-order valence-electron chi connectivity index (χ0n) is 10.3. The highest BCUT2D eigenvalue weighted by Gasteiger charge is 2.14. The van der Waals surface area contributed by atoms with Gasteiger partial charge in [-0.3, -0.25) is 9.48 Å². The van der Waals surface area contributed by atoms with Crippen LogP contribution in [0, 0.1) is 6.92 Å². The van der Waals surface area contributed by atoms with Crippen molar-refractivity contribution in [3.8, 4) is 11.3 Å². The smallest absolute Gasteiger partial charge is 0.153 e. The van der Waals surface area contributed by atoms with Gasteiger partial charge in [-0.2, -0.15) is 5.10 Å². The first-order valence-corrected chi connectivity index (χ1v) is 5.73. The summed E-state index contributed by atoms with van der Waals surface area (Å²) in [4.78, 5) is 11.1. The topological polar surface area (TPSA) is 34.9 Å². The number of benzene rings is 1. The Morgan fingerprint density at radius 2 is 2.12 bits per heavy atom. The van der Waals surface area contributed by atoms with Gasteiger partial charge < -0.3 is 0 Å². The van der Waals surface area contributed by atoms with E-state index in [4.69, 9.17) is 0 Å². The molecule has 0 fully saturated rings. The molecule has 3 nitrogen and oxygen atoms in total. The number of nitrogens with zero attached hydrogens (tertiary/aromatic N) is 2. The minimum absolute atomic E-state index is 0.235. The average Bonchev–Trinajstić information content (AvgIpc) is 2.72. The van der Waals surface area contributed by atoms with Crippen molar-refractivity contribution in [1.82, 2.24) is 9.78 Å². The van der Waals surface area contributed by atoms with Crippen LogP contribution in [0.2, 0.25) is 0 Å². The molecule has 0 saturated heterocycles. The Labute approximate surface area is 101 Å². The number of hydrogen-bond donors (Lipinski definition) is 0. The normalized spacial score (nSPS) is 10.8. The van der Waals surface area contributed by atoms with Gasteiger partial charge in [0.25, 0.3) is 0 Å². The summed E-state index contributed by atoms with van der Waals surface area (Å²) in [5.41, 5.74) is 3.76. The molecule has 1 heterocycles. The van der Waals surface area contributed by atoms with Crippen LogP contribution in [0.25, 0.3) is 11.3 Å². The largest absolute Gasteiger partial charge is 0.298 e. The van der Waals surface area contributed by atoms with Crippen molar-refractivity contribution in [3.63, 3.8) is 0 Å². The minimum Gasteiger partial charge on any atom is -0.298 e. The number of aromatic nitrogens is 2. The predicted molar refractivity (Wildman–Crippen MR) is 68.2 cm³/mol. The van der Waals surface area contributed by atoms with Crippen molar-refractivity contribution in [3.05, 3.63) is 41.6 Å². The third kappa shape index (κ3) is 2.13. The van der Waals surface area contributed by atoms with Crippen molar-refractivity contribution in [2.24, 2.45) is 0 Å². The molecule has 0 saturated carbocycles. The van der Waals surface area contributed by atoms with Gasteiger partial charge in [0.15, 0.2) is 6.29 Å². The van der Waals surface area contributed by atoms with E-state index < -0.39 is 0 Å². The maximum atomic E-state index is 11.1. The fourth-order valence-corrected chi connectivity index (χ4v) is 1.94. The molecule has 3 heteroatoms. The fourth-order valence-electron chi connectivity index (χ4n) is 1.94. The Morgan fingerprint density at radius 1 is 1.35 bits per heavy atom. The molecule has 0 radical (unpaired) electrons. The number of aldehydes is 1. The summed E-state index contributed by atoms with van der Waals surface area (Å²) in [6, 6.07) is 8.36. The number of aryl methyl sites for hydroxylation is 1. The molecule has 0 amide bonds. The second-order valence-corrected chi connectivity index (χ2v) is 4.47. The van der Waals surface area contributed by atoms with Crippen LogP contribution in [0.1, 0.15) is 35.8 Å². The van der Waals surface area contributed by atoms with Gasteiger partial charge in [-0.15, -0.1) is 0 Å². The molecule has 88 valence electrons. The van der Waals surface area contributed by atoms with Crippen molar-refractivity contribution in [2.45, 2.75) is 26.8 Å². The first kappa shape index (κ1) is 11.6. The molecule has 0 aliphatic carbocycles. The summed E-state index contributed by atoms with van der Waals surface area (Å²) >= 11 is 0. The van der Waals surface area contributed by atoms with Gasteiger partial charge in [-0.05, 0) is 26.8 Å². The van der Waals surface area contributed by atoms with E-state index in [1.54, 1.807) is 6.20 Å². The lowest BCUT2D eigenvalue weighted by molar-refractivity contribution is 0.112. The monoisotopic (exact) mass is 228 g/mol. The van der Waals surface area contributed by atoms with Gasteiger partial charge in [-0.25, -0.2) is 0 Å². The molecule has 0 bridgehead atoms. The highest BCUT2D eigenvalue weighted by Crippen LogP contribution is 2.26. The van der Waals surface area contributed by atoms with Crippen LogP contribution < -0.4 is 0 Å². The third-order valence-corrected chi connectivity index (χ3v) is 2.73. The Hall–Kier alpha value is -1.90. The van der Waals surface area contributed by atoms with Crippen LogP contribution in [-0.4, -0.2) is 16.1 Å². The summed E-state index contributed by atoms with van der Waals surface area (Å²) in [5.74, 6) is 0. The summed E-state index contributed by atoms with van der Waals surface area (Å²) in [5, 5.41) is 4.28.